The van der Waals surface area contributed by atoms with Crippen molar-refractivity contribution in [2.24, 2.45) is 0 Å². The molecule has 0 aliphatic carbocycles. The van der Waals surface area contributed by atoms with Gasteiger partial charge in [-0.25, -0.2) is 4.79 Å². The molecule has 2 aromatic rings. The van der Waals surface area contributed by atoms with E-state index < -0.39 is 12.1 Å². The number of hydrogen-bond acceptors (Lipinski definition) is 8. The predicted molar refractivity (Wildman–Crippen MR) is 97.5 cm³/mol. The number of hydrogen-bond donors (Lipinski definition) is 1. The van der Waals surface area contributed by atoms with E-state index in [0.29, 0.717) is 39.9 Å². The van der Waals surface area contributed by atoms with Gasteiger partial charge in [-0.2, -0.15) is 0 Å². The van der Waals surface area contributed by atoms with Crippen LogP contribution < -0.4 is 18.9 Å². The number of benzene rings is 2. The maximum Gasteiger partial charge on any atom is 0.339 e. The van der Waals surface area contributed by atoms with Crippen molar-refractivity contribution in [3.05, 3.63) is 45.4 Å². The monoisotopic (exact) mass is 428 g/mol. The molecule has 0 spiro atoms. The van der Waals surface area contributed by atoms with Crippen LogP contribution in [-0.2, 0) is 9.53 Å². The fraction of sp³-hybridized carbons (Fsp3) is 0.222. The first-order valence-corrected chi connectivity index (χ1v) is 8.59. The van der Waals surface area contributed by atoms with Crippen molar-refractivity contribution < 1.29 is 38.4 Å². The number of aliphatic hydroxyl groups excluding tert-OH is 1. The molecule has 8 nitrogen and oxygen atoms in total. The van der Waals surface area contributed by atoms with Gasteiger partial charge < -0.3 is 28.8 Å². The summed E-state index contributed by atoms with van der Waals surface area (Å²) < 4.78 is 24.7. The van der Waals surface area contributed by atoms with Gasteiger partial charge in [0.15, 0.2) is 35.4 Å². The minimum absolute atomic E-state index is 0.101. The summed E-state index contributed by atoms with van der Waals surface area (Å²) in [5.41, 5.74) is 0.652. The van der Waals surface area contributed by atoms with Crippen molar-refractivity contribution in [1.29, 1.82) is 0 Å². The van der Waals surface area contributed by atoms with Crippen LogP contribution in [0.25, 0.3) is 0 Å². The summed E-state index contributed by atoms with van der Waals surface area (Å²) >= 11 is 11.6. The van der Waals surface area contributed by atoms with Gasteiger partial charge in [0.25, 0.3) is 0 Å². The normalized spacial score (nSPS) is 14.0. The fourth-order valence-electron chi connectivity index (χ4n) is 2.40. The minimum atomic E-state index is -1.42. The Hall–Kier alpha value is -2.68. The van der Waals surface area contributed by atoms with Crippen LogP contribution in [0.15, 0.2) is 24.3 Å². The third-order valence-corrected chi connectivity index (χ3v) is 4.48. The number of methoxy groups -OCH3 is 1. The largest absolute Gasteiger partial charge is 0.467 e. The highest BCUT2D eigenvalue weighted by Gasteiger charge is 2.25. The zero-order valence-corrected chi connectivity index (χ0v) is 16.0. The molecule has 0 aromatic heterocycles. The van der Waals surface area contributed by atoms with Gasteiger partial charge in [0, 0.05) is 23.3 Å². The number of ether oxygens (including phenoxy) is 5. The van der Waals surface area contributed by atoms with E-state index in [-0.39, 0.29) is 24.2 Å². The van der Waals surface area contributed by atoms with Crippen LogP contribution >= 0.6 is 23.2 Å². The third-order valence-electron chi connectivity index (χ3n) is 3.83. The summed E-state index contributed by atoms with van der Waals surface area (Å²) in [6, 6.07) is 6.10. The molecular formula is C18H14Cl2O8. The molecule has 10 heteroatoms. The molecule has 28 heavy (non-hydrogen) atoms. The molecule has 1 atom stereocenters. The van der Waals surface area contributed by atoms with Gasteiger partial charge in [-0.1, -0.05) is 23.2 Å². The van der Waals surface area contributed by atoms with Crippen LogP contribution in [-0.4, -0.2) is 38.1 Å². The highest BCUT2D eigenvalue weighted by atomic mass is 35.5. The van der Waals surface area contributed by atoms with Gasteiger partial charge >= 0.3 is 5.97 Å². The number of esters is 1. The number of carbonyl (C=O) groups is 2. The molecule has 2 aliphatic rings. The van der Waals surface area contributed by atoms with Gasteiger partial charge in [-0.3, -0.25) is 4.79 Å². The van der Waals surface area contributed by atoms with Gasteiger partial charge in [0.05, 0.1) is 17.2 Å². The average molecular weight is 429 g/mol. The first-order chi connectivity index (χ1) is 13.4. The molecule has 0 radical (unpaired) electrons. The average Bonchev–Trinajstić information content (AvgIpc) is 3.34. The lowest BCUT2D eigenvalue weighted by Gasteiger charge is -2.11. The lowest BCUT2D eigenvalue weighted by atomic mass is 10.1. The molecule has 4 rings (SSSR count). The molecule has 0 bridgehead atoms. The molecule has 1 N–H and O–H groups in total. The SMILES string of the molecule is COC(=O)C(O)c1cc2c(cc1Cl)OCO2.O=Cc1cc2c(cc1Cl)OCO2. The summed E-state index contributed by atoms with van der Waals surface area (Å²) in [6.45, 7) is 0.289. The van der Waals surface area contributed by atoms with Crippen LogP contribution in [0.3, 0.4) is 0 Å². The van der Waals surface area contributed by atoms with Crippen LogP contribution in [0.2, 0.25) is 10.0 Å². The van der Waals surface area contributed by atoms with E-state index >= 15 is 0 Å². The Morgan fingerprint density at radius 2 is 1.50 bits per heavy atom. The number of rotatable bonds is 3. The van der Waals surface area contributed by atoms with E-state index in [1.165, 1.54) is 19.2 Å². The molecule has 0 amide bonds. The quantitative estimate of drug-likeness (QED) is 0.587. The van der Waals surface area contributed by atoms with Gasteiger partial charge in [-0.05, 0) is 12.1 Å². The Balaban J connectivity index is 0.000000167. The molecule has 2 aromatic carbocycles. The Labute approximate surface area is 169 Å². The van der Waals surface area contributed by atoms with Crippen molar-refractivity contribution in [2.45, 2.75) is 6.10 Å². The Kier molecular flexibility index (Phi) is 6.13. The van der Waals surface area contributed by atoms with Gasteiger partial charge in [0.1, 0.15) is 0 Å². The lowest BCUT2D eigenvalue weighted by Crippen LogP contribution is -2.13. The van der Waals surface area contributed by atoms with Gasteiger partial charge in [-0.15, -0.1) is 0 Å². The molecule has 148 valence electrons. The smallest absolute Gasteiger partial charge is 0.339 e. The second-order valence-electron chi connectivity index (χ2n) is 5.50. The van der Waals surface area contributed by atoms with E-state index in [1.54, 1.807) is 12.1 Å². The highest BCUT2D eigenvalue weighted by molar-refractivity contribution is 6.33. The van der Waals surface area contributed by atoms with E-state index in [2.05, 4.69) is 4.74 Å². The topological polar surface area (TPSA) is 101 Å². The number of carbonyl (C=O) groups excluding carboxylic acids is 2. The van der Waals surface area contributed by atoms with Crippen LogP contribution in [0.5, 0.6) is 23.0 Å². The van der Waals surface area contributed by atoms with Crippen molar-refractivity contribution in [2.75, 3.05) is 20.7 Å². The Morgan fingerprint density at radius 3 is 2.04 bits per heavy atom. The van der Waals surface area contributed by atoms with Crippen LogP contribution in [0.1, 0.15) is 22.0 Å². The molecule has 0 saturated heterocycles. The van der Waals surface area contributed by atoms with Crippen molar-refractivity contribution >= 4 is 35.5 Å². The van der Waals surface area contributed by atoms with E-state index in [0.717, 1.165) is 0 Å². The maximum atomic E-state index is 11.2. The Morgan fingerprint density at radius 1 is 1.00 bits per heavy atom. The molecule has 2 aliphatic heterocycles. The second-order valence-corrected chi connectivity index (χ2v) is 6.31. The van der Waals surface area contributed by atoms with E-state index in [1.807, 2.05) is 0 Å². The third kappa shape index (κ3) is 4.09. The van der Waals surface area contributed by atoms with Gasteiger partial charge in [0.2, 0.25) is 13.6 Å². The molecular weight excluding hydrogens is 415 g/mol. The van der Waals surface area contributed by atoms with Crippen molar-refractivity contribution in [3.63, 3.8) is 0 Å². The second kappa shape index (κ2) is 8.55. The molecule has 0 saturated carbocycles. The number of aldehydes is 1. The number of fused-ring (bicyclic) bond motifs is 2. The summed E-state index contributed by atoms with van der Waals surface area (Å²) in [7, 11) is 1.19. The zero-order valence-electron chi connectivity index (χ0n) is 14.4. The van der Waals surface area contributed by atoms with E-state index in [9.17, 15) is 14.7 Å². The minimum Gasteiger partial charge on any atom is -0.467 e. The predicted octanol–water partition coefficient (Wildman–Crippen LogP) is 3.16. The Bertz CT molecular complexity index is 915. The first kappa shape index (κ1) is 20.1. The number of aliphatic hydroxyl groups is 1. The zero-order chi connectivity index (χ0) is 20.3. The first-order valence-electron chi connectivity index (χ1n) is 7.83. The molecule has 0 fully saturated rings. The lowest BCUT2D eigenvalue weighted by molar-refractivity contribution is -0.150. The van der Waals surface area contributed by atoms with Crippen molar-refractivity contribution in [1.82, 2.24) is 0 Å². The summed E-state index contributed by atoms with van der Waals surface area (Å²) in [6.07, 6.45) is -0.739. The fourth-order valence-corrected chi connectivity index (χ4v) is 2.86. The van der Waals surface area contributed by atoms with Crippen LogP contribution in [0, 0.1) is 0 Å². The standard InChI is InChI=1S/C10H9ClO5.C8H5ClO3/c1-14-10(13)9(12)5-2-7-8(3-6(5)11)16-4-15-7;9-6-2-8-7(11-4-12-8)1-5(6)3-10/h2-3,9,12H,4H2,1H3;1-3H,4H2. The number of halogens is 2. The molecule has 1 unspecified atom stereocenters. The van der Waals surface area contributed by atoms with Crippen molar-refractivity contribution in [3.8, 4) is 23.0 Å². The molecule has 2 heterocycles. The summed E-state index contributed by atoms with van der Waals surface area (Å²) in [5.74, 6) is 1.32. The highest BCUT2D eigenvalue weighted by Crippen LogP contribution is 2.39. The summed E-state index contributed by atoms with van der Waals surface area (Å²) in [4.78, 5) is 21.6. The maximum absolute atomic E-state index is 11.2. The van der Waals surface area contributed by atoms with E-state index in [4.69, 9.17) is 42.1 Å². The van der Waals surface area contributed by atoms with Crippen LogP contribution in [0.4, 0.5) is 0 Å². The summed E-state index contributed by atoms with van der Waals surface area (Å²) in [5, 5.41) is 10.3.